The third-order valence-electron chi connectivity index (χ3n) is 7.70. The normalized spacial score (nSPS) is 12.1. The maximum absolute atomic E-state index is 14.5. The van der Waals surface area contributed by atoms with Gasteiger partial charge in [-0.3, -0.25) is 13.9 Å². The molecule has 0 spiro atoms. The predicted octanol–water partition coefficient (Wildman–Crippen LogP) is 6.11. The van der Waals surface area contributed by atoms with Crippen LogP contribution >= 0.6 is 0 Å². The zero-order valence-electron chi connectivity index (χ0n) is 26.3. The number of nitrogens with one attached hydrogen (secondary N) is 1. The Bertz CT molecular complexity index is 1720. The number of hydrogen-bond acceptors (Lipinski definition) is 4. The van der Waals surface area contributed by atoms with E-state index in [4.69, 9.17) is 0 Å². The number of carbonyl (C=O) groups is 2. The van der Waals surface area contributed by atoms with Gasteiger partial charge in [0.2, 0.25) is 11.8 Å². The lowest BCUT2D eigenvalue weighted by molar-refractivity contribution is -0.140. The number of aryl methyl sites for hydroxylation is 2. The van der Waals surface area contributed by atoms with Crippen molar-refractivity contribution in [2.24, 2.45) is 0 Å². The van der Waals surface area contributed by atoms with Crippen molar-refractivity contribution in [1.29, 1.82) is 0 Å². The lowest BCUT2D eigenvalue weighted by Gasteiger charge is -2.34. The van der Waals surface area contributed by atoms with Crippen molar-refractivity contribution >= 4 is 27.5 Å². The molecule has 4 aromatic carbocycles. The summed E-state index contributed by atoms with van der Waals surface area (Å²) in [4.78, 5) is 29.7. The van der Waals surface area contributed by atoms with Gasteiger partial charge in [-0.1, -0.05) is 72.3 Å². The predicted molar refractivity (Wildman–Crippen MR) is 176 cm³/mol. The zero-order chi connectivity index (χ0) is 32.7. The lowest BCUT2D eigenvalue weighted by Crippen LogP contribution is -2.54. The van der Waals surface area contributed by atoms with Crippen LogP contribution in [0.2, 0.25) is 0 Å². The van der Waals surface area contributed by atoms with Crippen LogP contribution in [0, 0.1) is 26.6 Å². The van der Waals surface area contributed by atoms with Gasteiger partial charge in [0.05, 0.1) is 10.6 Å². The summed E-state index contributed by atoms with van der Waals surface area (Å²) in [6.07, 6.45) is 0.195. The first-order valence-electron chi connectivity index (χ1n) is 14.9. The number of anilines is 1. The van der Waals surface area contributed by atoms with E-state index in [9.17, 15) is 22.4 Å². The summed E-state index contributed by atoms with van der Waals surface area (Å²) in [7, 11) is -4.21. The summed E-state index contributed by atoms with van der Waals surface area (Å²) >= 11 is 0. The smallest absolute Gasteiger partial charge is 0.264 e. The minimum atomic E-state index is -4.21. The quantitative estimate of drug-likeness (QED) is 0.205. The van der Waals surface area contributed by atoms with Crippen LogP contribution in [-0.2, 0) is 32.6 Å². The van der Waals surface area contributed by atoms with Crippen molar-refractivity contribution in [3.8, 4) is 0 Å². The molecule has 7 nitrogen and oxygen atoms in total. The fourth-order valence-electron chi connectivity index (χ4n) is 5.08. The van der Waals surface area contributed by atoms with Gasteiger partial charge in [0.1, 0.15) is 18.4 Å². The molecule has 1 atom stereocenters. The molecule has 0 saturated carbocycles. The molecule has 0 heterocycles. The summed E-state index contributed by atoms with van der Waals surface area (Å²) in [5.41, 5.74) is 4.28. The van der Waals surface area contributed by atoms with Gasteiger partial charge in [0, 0.05) is 19.0 Å². The molecule has 0 aliphatic rings. The summed E-state index contributed by atoms with van der Waals surface area (Å²) in [5, 5.41) is 2.93. The Morgan fingerprint density at radius 2 is 1.44 bits per heavy atom. The minimum Gasteiger partial charge on any atom is -0.352 e. The van der Waals surface area contributed by atoms with E-state index in [0.29, 0.717) is 16.8 Å². The molecule has 9 heteroatoms. The first-order chi connectivity index (χ1) is 21.4. The standard InChI is InChI=1S/C36H40FN3O4S/c1-25(2)38-36(42)34(22-29-11-7-6-8-12-29)39(23-30-16-18-31(37)19-17-30)35(41)24-40(33-13-9-10-27(4)28(33)5)45(43,44)32-20-14-26(3)15-21-32/h6-21,25,34H,22-24H2,1-5H3,(H,38,42)/t34-/m1/s1. The number of nitrogens with zero attached hydrogens (tertiary/aromatic N) is 2. The molecule has 1 N–H and O–H groups in total. The molecule has 0 fully saturated rings. The van der Waals surface area contributed by atoms with E-state index in [-0.39, 0.29) is 29.8 Å². The molecule has 4 rings (SSSR count). The second kappa shape index (κ2) is 14.5. The van der Waals surface area contributed by atoms with Gasteiger partial charge in [-0.15, -0.1) is 0 Å². The fraction of sp³-hybridized carbons (Fsp3) is 0.278. The number of benzene rings is 4. The summed E-state index contributed by atoms with van der Waals surface area (Å²) < 4.78 is 43.4. The monoisotopic (exact) mass is 629 g/mol. The molecule has 0 radical (unpaired) electrons. The molecule has 0 aliphatic carbocycles. The van der Waals surface area contributed by atoms with Gasteiger partial charge in [-0.2, -0.15) is 0 Å². The fourth-order valence-corrected chi connectivity index (χ4v) is 6.55. The molecule has 0 aliphatic heterocycles. The van der Waals surface area contributed by atoms with Gasteiger partial charge in [0.25, 0.3) is 10.0 Å². The second-order valence-corrected chi connectivity index (χ2v) is 13.4. The van der Waals surface area contributed by atoms with E-state index in [1.165, 1.54) is 29.2 Å². The minimum absolute atomic E-state index is 0.0344. The van der Waals surface area contributed by atoms with Gasteiger partial charge in [-0.25, -0.2) is 12.8 Å². The van der Waals surface area contributed by atoms with Crippen LogP contribution < -0.4 is 9.62 Å². The lowest BCUT2D eigenvalue weighted by atomic mass is 10.0. The average Bonchev–Trinajstić information content (AvgIpc) is 3.00. The van der Waals surface area contributed by atoms with Crippen LogP contribution in [0.3, 0.4) is 0 Å². The van der Waals surface area contributed by atoms with Crippen molar-refractivity contribution in [3.05, 3.63) is 131 Å². The molecule has 0 bridgehead atoms. The third-order valence-corrected chi connectivity index (χ3v) is 9.47. The zero-order valence-corrected chi connectivity index (χ0v) is 27.1. The number of hydrogen-bond donors (Lipinski definition) is 1. The van der Waals surface area contributed by atoms with E-state index in [1.54, 1.807) is 36.4 Å². The SMILES string of the molecule is Cc1ccc(S(=O)(=O)N(CC(=O)N(Cc2ccc(F)cc2)[C@H](Cc2ccccc2)C(=O)NC(C)C)c2cccc(C)c2C)cc1. The van der Waals surface area contributed by atoms with Crippen LogP contribution in [0.1, 0.15) is 41.7 Å². The Hall–Kier alpha value is -4.50. The summed E-state index contributed by atoms with van der Waals surface area (Å²) in [5.74, 6) is -1.37. The second-order valence-electron chi connectivity index (χ2n) is 11.6. The van der Waals surface area contributed by atoms with E-state index in [0.717, 1.165) is 21.0 Å². The van der Waals surface area contributed by atoms with E-state index < -0.39 is 34.3 Å². The summed E-state index contributed by atoms with van der Waals surface area (Å²) in [6, 6.07) is 25.6. The van der Waals surface area contributed by atoms with E-state index in [1.807, 2.05) is 71.0 Å². The van der Waals surface area contributed by atoms with E-state index in [2.05, 4.69) is 5.32 Å². The third kappa shape index (κ3) is 8.36. The highest BCUT2D eigenvalue weighted by Gasteiger charge is 2.35. The maximum Gasteiger partial charge on any atom is 0.264 e. The van der Waals surface area contributed by atoms with Crippen LogP contribution in [-0.4, -0.2) is 43.8 Å². The van der Waals surface area contributed by atoms with Crippen LogP contribution in [0.15, 0.2) is 102 Å². The molecule has 0 saturated heterocycles. The molecular formula is C36H40FN3O4S. The van der Waals surface area contributed by atoms with Crippen LogP contribution in [0.25, 0.3) is 0 Å². The number of halogens is 1. The number of rotatable bonds is 12. The van der Waals surface area contributed by atoms with Crippen molar-refractivity contribution in [2.75, 3.05) is 10.8 Å². The summed E-state index contributed by atoms with van der Waals surface area (Å²) in [6.45, 7) is 8.64. The van der Waals surface area contributed by atoms with E-state index >= 15 is 0 Å². The maximum atomic E-state index is 14.5. The number of sulfonamides is 1. The average molecular weight is 630 g/mol. The Morgan fingerprint density at radius 3 is 2.07 bits per heavy atom. The van der Waals surface area contributed by atoms with Crippen LogP contribution in [0.4, 0.5) is 10.1 Å². The van der Waals surface area contributed by atoms with Gasteiger partial charge >= 0.3 is 0 Å². The highest BCUT2D eigenvalue weighted by Crippen LogP contribution is 2.29. The molecule has 4 aromatic rings. The molecule has 236 valence electrons. The topological polar surface area (TPSA) is 86.8 Å². The highest BCUT2D eigenvalue weighted by molar-refractivity contribution is 7.92. The molecule has 2 amide bonds. The Kier molecular flexibility index (Phi) is 10.8. The van der Waals surface area contributed by atoms with Gasteiger partial charge in [-0.05, 0) is 87.2 Å². The Labute approximate surface area is 265 Å². The Morgan fingerprint density at radius 1 is 0.800 bits per heavy atom. The van der Waals surface area contributed by atoms with Gasteiger partial charge < -0.3 is 10.2 Å². The van der Waals surface area contributed by atoms with Gasteiger partial charge in [0.15, 0.2) is 0 Å². The number of carbonyl (C=O) groups excluding carboxylic acids is 2. The van der Waals surface area contributed by atoms with Crippen molar-refractivity contribution < 1.29 is 22.4 Å². The largest absolute Gasteiger partial charge is 0.352 e. The van der Waals surface area contributed by atoms with Crippen molar-refractivity contribution in [3.63, 3.8) is 0 Å². The Balaban J connectivity index is 1.83. The first kappa shape index (κ1) is 33.4. The molecule has 45 heavy (non-hydrogen) atoms. The van der Waals surface area contributed by atoms with Crippen molar-refractivity contribution in [1.82, 2.24) is 10.2 Å². The number of amides is 2. The molecule has 0 aromatic heterocycles. The highest BCUT2D eigenvalue weighted by atomic mass is 32.2. The van der Waals surface area contributed by atoms with Crippen molar-refractivity contribution in [2.45, 2.75) is 64.6 Å². The molecule has 0 unspecified atom stereocenters. The van der Waals surface area contributed by atoms with Crippen LogP contribution in [0.5, 0.6) is 0 Å². The molecular weight excluding hydrogens is 589 g/mol. The first-order valence-corrected chi connectivity index (χ1v) is 16.3.